The Bertz CT molecular complexity index is 949. The maximum absolute atomic E-state index is 12.3. The molecule has 140 valence electrons. The number of phenols is 1. The summed E-state index contributed by atoms with van der Waals surface area (Å²) in [6, 6.07) is 11.5. The molecule has 0 fully saturated rings. The van der Waals surface area contributed by atoms with Gasteiger partial charge in [-0.2, -0.15) is 4.68 Å². The average Bonchev–Trinajstić information content (AvgIpc) is 3.11. The third-order valence-corrected chi connectivity index (χ3v) is 5.35. The number of carbonyl (C=O) groups excluding carboxylic acids is 1. The van der Waals surface area contributed by atoms with Crippen molar-refractivity contribution in [2.45, 2.75) is 18.1 Å². The monoisotopic (exact) mass is 423 g/mol. The number of carbonyl (C=O) groups is 1. The fourth-order valence-corrected chi connectivity index (χ4v) is 3.31. The van der Waals surface area contributed by atoms with Gasteiger partial charge >= 0.3 is 0 Å². The number of phenolic OH excluding ortho intramolecular Hbond substituents is 1. The van der Waals surface area contributed by atoms with Crippen LogP contribution in [0.3, 0.4) is 0 Å². The van der Waals surface area contributed by atoms with E-state index < -0.39 is 0 Å². The smallest absolute Gasteiger partial charge is 0.230 e. The van der Waals surface area contributed by atoms with Crippen LogP contribution in [0.1, 0.15) is 18.5 Å². The minimum Gasteiger partial charge on any atom is -0.508 e. The predicted molar refractivity (Wildman–Crippen MR) is 105 cm³/mol. The lowest BCUT2D eigenvalue weighted by Crippen LogP contribution is -2.28. The number of hydrogen-bond donors (Lipinski definition) is 2. The molecule has 0 radical (unpaired) electrons. The summed E-state index contributed by atoms with van der Waals surface area (Å²) < 4.78 is 1.50. The van der Waals surface area contributed by atoms with Gasteiger partial charge in [-0.25, -0.2) is 0 Å². The van der Waals surface area contributed by atoms with Crippen molar-refractivity contribution in [1.82, 2.24) is 25.5 Å². The highest BCUT2D eigenvalue weighted by molar-refractivity contribution is 7.99. The Hall–Kier alpha value is -2.29. The number of hydrogen-bond acceptors (Lipinski definition) is 6. The molecule has 2 N–H and O–H groups in total. The molecule has 1 heterocycles. The van der Waals surface area contributed by atoms with Gasteiger partial charge in [-0.15, -0.1) is 5.10 Å². The van der Waals surface area contributed by atoms with Gasteiger partial charge in [0.25, 0.3) is 0 Å². The zero-order chi connectivity index (χ0) is 19.4. The highest BCUT2D eigenvalue weighted by Gasteiger charge is 2.14. The Morgan fingerprint density at radius 2 is 1.96 bits per heavy atom. The molecule has 1 atom stereocenters. The summed E-state index contributed by atoms with van der Waals surface area (Å²) in [6.07, 6.45) is 0. The van der Waals surface area contributed by atoms with Gasteiger partial charge in [0.1, 0.15) is 5.75 Å². The number of thioether (sulfide) groups is 1. The summed E-state index contributed by atoms with van der Waals surface area (Å²) in [5.74, 6) is 0.125. The Kier molecular flexibility index (Phi) is 6.20. The van der Waals surface area contributed by atoms with Gasteiger partial charge in [0.15, 0.2) is 0 Å². The summed E-state index contributed by atoms with van der Waals surface area (Å²) in [7, 11) is 0. The van der Waals surface area contributed by atoms with Crippen molar-refractivity contribution in [3.63, 3.8) is 0 Å². The van der Waals surface area contributed by atoms with E-state index in [2.05, 4.69) is 20.8 Å². The summed E-state index contributed by atoms with van der Waals surface area (Å²) in [4.78, 5) is 12.3. The van der Waals surface area contributed by atoms with E-state index in [1.165, 1.54) is 28.6 Å². The number of nitrogens with zero attached hydrogens (tertiary/aromatic N) is 4. The molecule has 1 unspecified atom stereocenters. The number of tetrazole rings is 1. The van der Waals surface area contributed by atoms with Gasteiger partial charge in [0, 0.05) is 0 Å². The van der Waals surface area contributed by atoms with Gasteiger partial charge in [0.2, 0.25) is 11.1 Å². The van der Waals surface area contributed by atoms with E-state index in [4.69, 9.17) is 23.2 Å². The second-order valence-corrected chi connectivity index (χ2v) is 7.40. The Balaban J connectivity index is 1.60. The van der Waals surface area contributed by atoms with E-state index >= 15 is 0 Å². The minimum absolute atomic E-state index is 0.143. The fraction of sp³-hybridized carbons (Fsp3) is 0.176. The quantitative estimate of drug-likeness (QED) is 0.587. The fourth-order valence-electron chi connectivity index (χ4n) is 2.30. The molecule has 1 amide bonds. The van der Waals surface area contributed by atoms with Crippen LogP contribution in [0.4, 0.5) is 0 Å². The number of aromatic nitrogens is 4. The Morgan fingerprint density at radius 3 is 2.67 bits per heavy atom. The van der Waals surface area contributed by atoms with Crippen LogP contribution < -0.4 is 5.32 Å². The lowest BCUT2D eigenvalue weighted by molar-refractivity contribution is -0.119. The molecular weight excluding hydrogens is 409 g/mol. The van der Waals surface area contributed by atoms with Crippen molar-refractivity contribution >= 4 is 40.9 Å². The van der Waals surface area contributed by atoms with E-state index in [0.717, 1.165) is 5.56 Å². The van der Waals surface area contributed by atoms with Crippen LogP contribution in [0.5, 0.6) is 5.75 Å². The molecule has 0 aliphatic rings. The van der Waals surface area contributed by atoms with E-state index in [0.29, 0.717) is 20.9 Å². The van der Waals surface area contributed by atoms with Gasteiger partial charge in [-0.3, -0.25) is 4.79 Å². The van der Waals surface area contributed by atoms with Crippen molar-refractivity contribution in [2.75, 3.05) is 5.75 Å². The first-order chi connectivity index (χ1) is 12.9. The van der Waals surface area contributed by atoms with Crippen LogP contribution in [0.25, 0.3) is 5.69 Å². The van der Waals surface area contributed by atoms with Crippen LogP contribution >= 0.6 is 35.0 Å². The largest absolute Gasteiger partial charge is 0.508 e. The standard InChI is InChI=1S/C17H15Cl2N5O2S/c1-10(11-2-7-14(18)15(19)8-11)20-16(26)9-27-17-21-22-23-24(17)12-3-5-13(25)6-4-12/h2-8,10,25H,9H2,1H3,(H,20,26). The lowest BCUT2D eigenvalue weighted by atomic mass is 10.1. The topological polar surface area (TPSA) is 92.9 Å². The van der Waals surface area contributed by atoms with Crippen LogP contribution in [0.2, 0.25) is 10.0 Å². The van der Waals surface area contributed by atoms with Crippen molar-refractivity contribution in [1.29, 1.82) is 0 Å². The van der Waals surface area contributed by atoms with Gasteiger partial charge in [-0.05, 0) is 59.3 Å². The van der Waals surface area contributed by atoms with Crippen LogP contribution in [0.15, 0.2) is 47.6 Å². The molecule has 10 heteroatoms. The molecule has 0 aliphatic carbocycles. The lowest BCUT2D eigenvalue weighted by Gasteiger charge is -2.14. The maximum Gasteiger partial charge on any atom is 0.230 e. The molecule has 0 bridgehead atoms. The third-order valence-electron chi connectivity index (χ3n) is 3.69. The second kappa shape index (κ2) is 8.60. The van der Waals surface area contributed by atoms with E-state index in [-0.39, 0.29) is 23.5 Å². The Morgan fingerprint density at radius 1 is 1.22 bits per heavy atom. The second-order valence-electron chi connectivity index (χ2n) is 5.64. The number of benzene rings is 2. The zero-order valence-corrected chi connectivity index (χ0v) is 16.5. The van der Waals surface area contributed by atoms with Crippen molar-refractivity contribution in [2.24, 2.45) is 0 Å². The SMILES string of the molecule is CC(NC(=O)CSc1nnnn1-c1ccc(O)cc1)c1ccc(Cl)c(Cl)c1. The van der Waals surface area contributed by atoms with Gasteiger partial charge in [-0.1, -0.05) is 41.0 Å². The summed E-state index contributed by atoms with van der Waals surface area (Å²) >= 11 is 13.1. The molecular formula is C17H15Cl2N5O2S. The number of aromatic hydroxyl groups is 1. The van der Waals surface area contributed by atoms with Gasteiger partial charge < -0.3 is 10.4 Å². The molecule has 7 nitrogen and oxygen atoms in total. The predicted octanol–water partition coefficient (Wildman–Crippen LogP) is 3.64. The molecule has 3 rings (SSSR count). The molecule has 0 aliphatic heterocycles. The first-order valence-corrected chi connectivity index (χ1v) is 9.63. The van der Waals surface area contributed by atoms with Gasteiger partial charge in [0.05, 0.1) is 27.5 Å². The molecule has 2 aromatic carbocycles. The molecule has 1 aromatic heterocycles. The van der Waals surface area contributed by atoms with Crippen molar-refractivity contribution in [3.05, 3.63) is 58.1 Å². The van der Waals surface area contributed by atoms with E-state index in [1.54, 1.807) is 24.3 Å². The first-order valence-electron chi connectivity index (χ1n) is 7.89. The van der Waals surface area contributed by atoms with E-state index in [9.17, 15) is 9.90 Å². The number of halogens is 2. The maximum atomic E-state index is 12.3. The highest BCUT2D eigenvalue weighted by Crippen LogP contribution is 2.26. The summed E-state index contributed by atoms with van der Waals surface area (Å²) in [5.41, 5.74) is 1.54. The summed E-state index contributed by atoms with van der Waals surface area (Å²) in [6.45, 7) is 1.86. The zero-order valence-electron chi connectivity index (χ0n) is 14.1. The van der Waals surface area contributed by atoms with E-state index in [1.807, 2.05) is 13.0 Å². The highest BCUT2D eigenvalue weighted by atomic mass is 35.5. The van der Waals surface area contributed by atoms with Crippen LogP contribution in [-0.4, -0.2) is 37.0 Å². The number of rotatable bonds is 6. The first kappa shape index (κ1) is 19.5. The Labute approximate surface area is 169 Å². The average molecular weight is 424 g/mol. The molecule has 3 aromatic rings. The summed E-state index contributed by atoms with van der Waals surface area (Å²) in [5, 5.41) is 25.2. The number of amides is 1. The molecule has 27 heavy (non-hydrogen) atoms. The normalized spacial score (nSPS) is 12.0. The number of nitrogens with one attached hydrogen (secondary N) is 1. The molecule has 0 saturated heterocycles. The minimum atomic E-state index is -0.221. The van der Waals surface area contributed by atoms with Crippen molar-refractivity contribution in [3.8, 4) is 11.4 Å². The molecule has 0 spiro atoms. The third kappa shape index (κ3) is 4.91. The van der Waals surface area contributed by atoms with Crippen LogP contribution in [0, 0.1) is 0 Å². The van der Waals surface area contributed by atoms with Crippen LogP contribution in [-0.2, 0) is 4.79 Å². The molecule has 0 saturated carbocycles. The van der Waals surface area contributed by atoms with Crippen molar-refractivity contribution < 1.29 is 9.90 Å².